The van der Waals surface area contributed by atoms with Gasteiger partial charge in [0.25, 0.3) is 0 Å². The second-order valence-corrected chi connectivity index (χ2v) is 8.16. The predicted octanol–water partition coefficient (Wildman–Crippen LogP) is 2.85. The van der Waals surface area contributed by atoms with Gasteiger partial charge < -0.3 is 9.47 Å². The first-order valence-electron chi connectivity index (χ1n) is 7.15. The van der Waals surface area contributed by atoms with Gasteiger partial charge in [0.2, 0.25) is 10.0 Å². The molecular weight excluding hydrogens is 370 g/mol. The van der Waals surface area contributed by atoms with Crippen LogP contribution < -0.4 is 0 Å². The largest absolute Gasteiger partial charge is 0.350 e. The minimum absolute atomic E-state index is 0.233. The Kier molecular flexibility index (Phi) is 4.59. The van der Waals surface area contributed by atoms with Crippen LogP contribution >= 0.6 is 15.9 Å². The van der Waals surface area contributed by atoms with E-state index >= 15 is 0 Å². The van der Waals surface area contributed by atoms with Gasteiger partial charge in [0.15, 0.2) is 6.29 Å². The zero-order valence-electron chi connectivity index (χ0n) is 12.2. The second kappa shape index (κ2) is 6.31. The number of sulfonamides is 1. The molecule has 1 fully saturated rings. The molecule has 0 amide bonds. The molecule has 5 nitrogen and oxygen atoms in total. The van der Waals surface area contributed by atoms with Crippen LogP contribution in [0.4, 0.5) is 0 Å². The summed E-state index contributed by atoms with van der Waals surface area (Å²) < 4.78 is 37.4. The van der Waals surface area contributed by atoms with Crippen LogP contribution in [0.5, 0.6) is 0 Å². The number of ether oxygens (including phenoxy) is 2. The van der Waals surface area contributed by atoms with Crippen molar-refractivity contribution in [1.29, 1.82) is 0 Å². The number of hydrogen-bond donors (Lipinski definition) is 0. The van der Waals surface area contributed by atoms with Crippen LogP contribution in [-0.4, -0.2) is 38.5 Å². The van der Waals surface area contributed by atoms with Crippen molar-refractivity contribution in [3.63, 3.8) is 0 Å². The van der Waals surface area contributed by atoms with E-state index in [1.54, 1.807) is 6.20 Å². The molecular formula is C15H18BrNO4S. The van der Waals surface area contributed by atoms with Crippen LogP contribution in [-0.2, 0) is 19.5 Å². The first-order valence-corrected chi connectivity index (χ1v) is 9.79. The molecule has 0 N–H and O–H groups in total. The monoisotopic (exact) mass is 387 g/mol. The molecule has 0 bridgehead atoms. The van der Waals surface area contributed by atoms with E-state index in [0.29, 0.717) is 26.1 Å². The SMILES string of the molecule is CS(=O)(=O)N1C=C(Br)c2ccccc2C1CCC1OCCO1. The van der Waals surface area contributed by atoms with Crippen LogP contribution in [0.1, 0.15) is 30.0 Å². The van der Waals surface area contributed by atoms with Crippen molar-refractivity contribution in [2.24, 2.45) is 0 Å². The Hall–Kier alpha value is -0.890. The average molecular weight is 388 g/mol. The second-order valence-electron chi connectivity index (χ2n) is 5.42. The highest BCUT2D eigenvalue weighted by Crippen LogP contribution is 2.41. The number of nitrogens with zero attached hydrogens (tertiary/aromatic N) is 1. The standard InChI is InChI=1S/C15H18BrNO4S/c1-22(18,19)17-10-13(16)11-4-2-3-5-12(11)14(17)6-7-15-20-8-9-21-15/h2-5,10,14-15H,6-9H2,1H3. The third-order valence-corrected chi connectivity index (χ3v) is 5.63. The summed E-state index contributed by atoms with van der Waals surface area (Å²) in [4.78, 5) is 0. The van der Waals surface area contributed by atoms with E-state index in [9.17, 15) is 8.42 Å². The number of benzene rings is 1. The lowest BCUT2D eigenvalue weighted by Crippen LogP contribution is -2.33. The van der Waals surface area contributed by atoms with E-state index in [4.69, 9.17) is 9.47 Å². The Bertz CT molecular complexity index is 683. The van der Waals surface area contributed by atoms with Gasteiger partial charge in [-0.3, -0.25) is 4.31 Å². The zero-order valence-corrected chi connectivity index (χ0v) is 14.6. The number of hydrogen-bond acceptors (Lipinski definition) is 4. The van der Waals surface area contributed by atoms with E-state index in [2.05, 4.69) is 15.9 Å². The quantitative estimate of drug-likeness (QED) is 0.796. The highest BCUT2D eigenvalue weighted by molar-refractivity contribution is 9.15. The van der Waals surface area contributed by atoms with Gasteiger partial charge in [0.1, 0.15) is 0 Å². The van der Waals surface area contributed by atoms with Crippen molar-refractivity contribution in [3.05, 3.63) is 41.6 Å². The Labute approximate surface area is 139 Å². The lowest BCUT2D eigenvalue weighted by atomic mass is 9.94. The first-order chi connectivity index (χ1) is 10.5. The summed E-state index contributed by atoms with van der Waals surface area (Å²) in [6.07, 6.45) is 3.96. The maximum absolute atomic E-state index is 12.1. The fraction of sp³-hybridized carbons (Fsp3) is 0.467. The third kappa shape index (κ3) is 3.22. The molecule has 0 spiro atoms. The van der Waals surface area contributed by atoms with Gasteiger partial charge in [-0.2, -0.15) is 0 Å². The Morgan fingerprint density at radius 1 is 1.23 bits per heavy atom. The highest BCUT2D eigenvalue weighted by atomic mass is 79.9. The fourth-order valence-corrected chi connectivity index (χ4v) is 4.59. The summed E-state index contributed by atoms with van der Waals surface area (Å²) in [5, 5.41) is 0. The molecule has 0 aliphatic carbocycles. The summed E-state index contributed by atoms with van der Waals surface area (Å²) in [7, 11) is -3.35. The van der Waals surface area contributed by atoms with Crippen LogP contribution in [0.25, 0.3) is 4.48 Å². The van der Waals surface area contributed by atoms with Crippen molar-refractivity contribution in [2.75, 3.05) is 19.5 Å². The van der Waals surface area contributed by atoms with Gasteiger partial charge in [-0.25, -0.2) is 8.42 Å². The smallest absolute Gasteiger partial charge is 0.232 e. The van der Waals surface area contributed by atoms with E-state index in [0.717, 1.165) is 15.6 Å². The van der Waals surface area contributed by atoms with Crippen molar-refractivity contribution < 1.29 is 17.9 Å². The molecule has 1 aromatic carbocycles. The van der Waals surface area contributed by atoms with Crippen LogP contribution in [0, 0.1) is 0 Å². The van der Waals surface area contributed by atoms with Crippen molar-refractivity contribution in [3.8, 4) is 0 Å². The Balaban J connectivity index is 1.91. The molecule has 1 unspecified atom stereocenters. The molecule has 1 atom stereocenters. The average Bonchev–Trinajstić information content (AvgIpc) is 2.98. The Morgan fingerprint density at radius 2 is 1.91 bits per heavy atom. The predicted molar refractivity (Wildman–Crippen MR) is 87.7 cm³/mol. The topological polar surface area (TPSA) is 55.8 Å². The van der Waals surface area contributed by atoms with Crippen molar-refractivity contribution in [1.82, 2.24) is 4.31 Å². The van der Waals surface area contributed by atoms with Crippen molar-refractivity contribution in [2.45, 2.75) is 25.2 Å². The molecule has 1 aromatic rings. The molecule has 0 saturated carbocycles. The van der Waals surface area contributed by atoms with Gasteiger partial charge in [-0.1, -0.05) is 24.3 Å². The summed E-state index contributed by atoms with van der Waals surface area (Å²) in [5.74, 6) is 0. The van der Waals surface area contributed by atoms with Crippen LogP contribution in [0.15, 0.2) is 30.5 Å². The summed E-state index contributed by atoms with van der Waals surface area (Å²) in [5.41, 5.74) is 2.03. The third-order valence-electron chi connectivity index (χ3n) is 3.87. The van der Waals surface area contributed by atoms with Gasteiger partial charge in [-0.05, 0) is 33.5 Å². The lowest BCUT2D eigenvalue weighted by molar-refractivity contribution is -0.0500. The maximum atomic E-state index is 12.1. The molecule has 120 valence electrons. The van der Waals surface area contributed by atoms with E-state index in [1.807, 2.05) is 24.3 Å². The van der Waals surface area contributed by atoms with Crippen LogP contribution in [0.3, 0.4) is 0 Å². The molecule has 2 aliphatic rings. The van der Waals surface area contributed by atoms with Gasteiger partial charge in [0, 0.05) is 17.1 Å². The Morgan fingerprint density at radius 3 is 2.59 bits per heavy atom. The normalized spacial score (nSPS) is 22.5. The minimum atomic E-state index is -3.35. The fourth-order valence-electron chi connectivity index (χ4n) is 2.89. The first kappa shape index (κ1) is 16.0. The van der Waals surface area contributed by atoms with E-state index < -0.39 is 10.0 Å². The molecule has 2 heterocycles. The molecule has 0 aromatic heterocycles. The van der Waals surface area contributed by atoms with E-state index in [1.165, 1.54) is 10.6 Å². The highest BCUT2D eigenvalue weighted by Gasteiger charge is 2.32. The van der Waals surface area contributed by atoms with Gasteiger partial charge in [-0.15, -0.1) is 0 Å². The van der Waals surface area contributed by atoms with Gasteiger partial charge >= 0.3 is 0 Å². The summed E-state index contributed by atoms with van der Waals surface area (Å²) in [6, 6.07) is 7.61. The minimum Gasteiger partial charge on any atom is -0.350 e. The van der Waals surface area contributed by atoms with Crippen LogP contribution in [0.2, 0.25) is 0 Å². The molecule has 22 heavy (non-hydrogen) atoms. The number of fused-ring (bicyclic) bond motifs is 1. The molecule has 2 aliphatic heterocycles. The number of halogens is 1. The summed E-state index contributed by atoms with van der Waals surface area (Å²) in [6.45, 7) is 1.21. The summed E-state index contributed by atoms with van der Waals surface area (Å²) >= 11 is 3.47. The van der Waals surface area contributed by atoms with Crippen molar-refractivity contribution >= 4 is 30.4 Å². The van der Waals surface area contributed by atoms with E-state index in [-0.39, 0.29) is 12.3 Å². The molecule has 3 rings (SSSR count). The molecule has 0 radical (unpaired) electrons. The number of rotatable bonds is 4. The molecule has 1 saturated heterocycles. The maximum Gasteiger partial charge on any atom is 0.232 e. The zero-order chi connectivity index (χ0) is 15.7. The van der Waals surface area contributed by atoms with Gasteiger partial charge in [0.05, 0.1) is 25.5 Å². The molecule has 7 heteroatoms. The lowest BCUT2D eigenvalue weighted by Gasteiger charge is -2.34.